The van der Waals surface area contributed by atoms with Crippen LogP contribution in [0.15, 0.2) is 29.3 Å². The van der Waals surface area contributed by atoms with E-state index >= 15 is 0 Å². The van der Waals surface area contributed by atoms with Gasteiger partial charge in [-0.25, -0.2) is 8.42 Å². The van der Waals surface area contributed by atoms with Crippen molar-refractivity contribution in [3.63, 3.8) is 0 Å². The van der Waals surface area contributed by atoms with Gasteiger partial charge in [0.2, 0.25) is 0 Å². The highest BCUT2D eigenvalue weighted by Crippen LogP contribution is 2.29. The third kappa shape index (κ3) is 3.59. The summed E-state index contributed by atoms with van der Waals surface area (Å²) in [4.78, 5) is -0.0778. The van der Waals surface area contributed by atoms with Crippen molar-refractivity contribution in [1.82, 2.24) is 15.0 Å². The Bertz CT molecular complexity index is 700. The Balaban J connectivity index is 2.14. The number of benzene rings is 1. The van der Waals surface area contributed by atoms with Crippen LogP contribution >= 0.6 is 22.3 Å². The van der Waals surface area contributed by atoms with Crippen molar-refractivity contribution in [3.05, 3.63) is 35.1 Å². The van der Waals surface area contributed by atoms with Crippen LogP contribution < -0.4 is 4.74 Å². The first-order valence-corrected chi connectivity index (χ1v) is 7.77. The first kappa shape index (κ1) is 14.1. The molecule has 0 saturated heterocycles. The number of aryl methyl sites for hydroxylation is 1. The van der Waals surface area contributed by atoms with Crippen molar-refractivity contribution in [3.8, 4) is 5.75 Å². The number of rotatable bonds is 4. The van der Waals surface area contributed by atoms with E-state index in [4.69, 9.17) is 27.0 Å². The molecule has 0 aliphatic heterocycles. The second-order valence-corrected chi connectivity index (χ2v) is 6.68. The average molecular weight is 322 g/mol. The van der Waals surface area contributed by atoms with Crippen LogP contribution in [0.3, 0.4) is 0 Å². The molecular weight excluding hydrogens is 313 g/mol. The smallest absolute Gasteiger partial charge is 0.261 e. The summed E-state index contributed by atoms with van der Waals surface area (Å²) in [5, 5.41) is 7.76. The Labute approximate surface area is 119 Å². The number of nitrogens with zero attached hydrogens (tertiary/aromatic N) is 3. The van der Waals surface area contributed by atoms with E-state index < -0.39 is 9.05 Å². The molecule has 0 spiro atoms. The van der Waals surface area contributed by atoms with Crippen LogP contribution in [0.5, 0.6) is 5.75 Å². The summed E-state index contributed by atoms with van der Waals surface area (Å²) in [5.41, 5.74) is 0.632. The summed E-state index contributed by atoms with van der Waals surface area (Å²) in [6.07, 6.45) is 1.70. The van der Waals surface area contributed by atoms with Crippen molar-refractivity contribution in [1.29, 1.82) is 0 Å². The SMILES string of the molecule is Cn1cc(COc2ccc(S(=O)(=O)Cl)cc2Cl)nn1. The predicted molar refractivity (Wildman–Crippen MR) is 69.8 cm³/mol. The average Bonchev–Trinajstić information content (AvgIpc) is 2.72. The number of aromatic nitrogens is 3. The van der Waals surface area contributed by atoms with Gasteiger partial charge in [0, 0.05) is 17.7 Å². The Morgan fingerprint density at radius 2 is 2.16 bits per heavy atom. The zero-order chi connectivity index (χ0) is 14.0. The Kier molecular flexibility index (Phi) is 3.98. The van der Waals surface area contributed by atoms with Gasteiger partial charge >= 0.3 is 0 Å². The summed E-state index contributed by atoms with van der Waals surface area (Å²) >= 11 is 5.92. The minimum atomic E-state index is -3.80. The van der Waals surface area contributed by atoms with Crippen LogP contribution in [-0.2, 0) is 22.7 Å². The number of hydrogen-bond acceptors (Lipinski definition) is 5. The van der Waals surface area contributed by atoms with Crippen molar-refractivity contribution in [2.75, 3.05) is 0 Å². The normalized spacial score (nSPS) is 11.5. The lowest BCUT2D eigenvalue weighted by atomic mass is 10.3. The molecule has 19 heavy (non-hydrogen) atoms. The second-order valence-electron chi connectivity index (χ2n) is 3.70. The van der Waals surface area contributed by atoms with E-state index in [-0.39, 0.29) is 16.5 Å². The van der Waals surface area contributed by atoms with Gasteiger partial charge in [-0.05, 0) is 18.2 Å². The molecule has 1 aromatic carbocycles. The largest absolute Gasteiger partial charge is 0.486 e. The fourth-order valence-corrected chi connectivity index (χ4v) is 2.44. The molecule has 0 atom stereocenters. The first-order chi connectivity index (χ1) is 8.86. The predicted octanol–water partition coefficient (Wildman–Crippen LogP) is 1.97. The molecule has 0 N–H and O–H groups in total. The lowest BCUT2D eigenvalue weighted by Crippen LogP contribution is -1.97. The van der Waals surface area contributed by atoms with Crippen LogP contribution in [0.1, 0.15) is 5.69 Å². The first-order valence-electron chi connectivity index (χ1n) is 5.08. The Hall–Kier alpha value is -1.31. The highest BCUT2D eigenvalue weighted by atomic mass is 35.7. The maximum atomic E-state index is 11.1. The molecule has 6 nitrogen and oxygen atoms in total. The molecule has 2 aromatic rings. The van der Waals surface area contributed by atoms with Gasteiger partial charge in [-0.2, -0.15) is 0 Å². The third-order valence-electron chi connectivity index (χ3n) is 2.21. The van der Waals surface area contributed by atoms with E-state index in [9.17, 15) is 8.42 Å². The van der Waals surface area contributed by atoms with Gasteiger partial charge in [-0.15, -0.1) is 5.10 Å². The molecule has 1 heterocycles. The zero-order valence-electron chi connectivity index (χ0n) is 9.75. The molecule has 2 rings (SSSR count). The van der Waals surface area contributed by atoms with E-state index in [1.165, 1.54) is 18.2 Å². The summed E-state index contributed by atoms with van der Waals surface area (Å²) in [6.45, 7) is 0.181. The van der Waals surface area contributed by atoms with Gasteiger partial charge in [0.25, 0.3) is 9.05 Å². The van der Waals surface area contributed by atoms with Crippen LogP contribution in [0.4, 0.5) is 0 Å². The monoisotopic (exact) mass is 321 g/mol. The van der Waals surface area contributed by atoms with Crippen molar-refractivity contribution >= 4 is 31.3 Å². The summed E-state index contributed by atoms with van der Waals surface area (Å²) in [6, 6.07) is 3.99. The molecule has 0 amide bonds. The fourth-order valence-electron chi connectivity index (χ4n) is 1.36. The molecule has 102 valence electrons. The van der Waals surface area contributed by atoms with E-state index in [0.717, 1.165) is 0 Å². The lowest BCUT2D eigenvalue weighted by Gasteiger charge is -2.07. The van der Waals surface area contributed by atoms with Gasteiger partial charge in [-0.1, -0.05) is 16.8 Å². The standard InChI is InChI=1S/C10H9Cl2N3O3S/c1-15-5-7(13-14-15)6-18-10-3-2-8(4-9(10)11)19(12,16)17/h2-5H,6H2,1H3. The second kappa shape index (κ2) is 5.36. The highest BCUT2D eigenvalue weighted by Gasteiger charge is 2.13. The zero-order valence-corrected chi connectivity index (χ0v) is 12.1. The number of hydrogen-bond donors (Lipinski definition) is 0. The van der Waals surface area contributed by atoms with Crippen LogP contribution in [-0.4, -0.2) is 23.4 Å². The van der Waals surface area contributed by atoms with Gasteiger partial charge in [0.05, 0.1) is 16.1 Å². The van der Waals surface area contributed by atoms with Crippen LogP contribution in [0, 0.1) is 0 Å². The number of halogens is 2. The maximum absolute atomic E-state index is 11.1. The Morgan fingerprint density at radius 3 is 2.68 bits per heavy atom. The fraction of sp³-hybridized carbons (Fsp3) is 0.200. The molecule has 0 saturated carbocycles. The van der Waals surface area contributed by atoms with Crippen LogP contribution in [0.25, 0.3) is 0 Å². The van der Waals surface area contributed by atoms with Crippen molar-refractivity contribution < 1.29 is 13.2 Å². The highest BCUT2D eigenvalue weighted by molar-refractivity contribution is 8.13. The minimum Gasteiger partial charge on any atom is -0.486 e. The van der Waals surface area contributed by atoms with E-state index in [2.05, 4.69) is 10.3 Å². The van der Waals surface area contributed by atoms with Crippen molar-refractivity contribution in [2.45, 2.75) is 11.5 Å². The molecule has 0 aliphatic carbocycles. The summed E-state index contributed by atoms with van der Waals surface area (Å²) in [7, 11) is 3.15. The molecular formula is C10H9Cl2N3O3S. The quantitative estimate of drug-likeness (QED) is 0.805. The molecule has 0 fully saturated rings. The van der Waals surface area contributed by atoms with E-state index in [0.29, 0.717) is 11.4 Å². The lowest BCUT2D eigenvalue weighted by molar-refractivity contribution is 0.301. The van der Waals surface area contributed by atoms with Gasteiger partial charge in [0.1, 0.15) is 18.1 Å². The molecule has 0 aliphatic rings. The Morgan fingerprint density at radius 1 is 1.42 bits per heavy atom. The van der Waals surface area contributed by atoms with Gasteiger partial charge in [-0.3, -0.25) is 4.68 Å². The summed E-state index contributed by atoms with van der Waals surface area (Å²) < 4.78 is 29.2. The van der Waals surface area contributed by atoms with Crippen LogP contribution in [0.2, 0.25) is 5.02 Å². The van der Waals surface area contributed by atoms with Gasteiger partial charge in [0.15, 0.2) is 0 Å². The molecule has 9 heteroatoms. The molecule has 0 unspecified atom stereocenters. The van der Waals surface area contributed by atoms with E-state index in [1.54, 1.807) is 17.9 Å². The van der Waals surface area contributed by atoms with Gasteiger partial charge < -0.3 is 4.74 Å². The summed E-state index contributed by atoms with van der Waals surface area (Å²) in [5.74, 6) is 0.344. The molecule has 0 radical (unpaired) electrons. The maximum Gasteiger partial charge on any atom is 0.261 e. The topological polar surface area (TPSA) is 74.1 Å². The van der Waals surface area contributed by atoms with E-state index in [1.807, 2.05) is 0 Å². The third-order valence-corrected chi connectivity index (χ3v) is 3.86. The minimum absolute atomic E-state index is 0.0778. The van der Waals surface area contributed by atoms with Crippen molar-refractivity contribution in [2.24, 2.45) is 7.05 Å². The molecule has 0 bridgehead atoms. The molecule has 1 aromatic heterocycles. The number of ether oxygens (including phenoxy) is 1.